The number of nitrogens with one attached hydrogen (secondary N) is 1. The van der Waals surface area contributed by atoms with E-state index in [2.05, 4.69) is 98.5 Å². The molecule has 1 aromatic carbocycles. The molecule has 2 atom stereocenters. The van der Waals surface area contributed by atoms with E-state index < -0.39 is 6.04 Å². The van der Waals surface area contributed by atoms with Gasteiger partial charge in [-0.1, -0.05) is 120 Å². The SMILES string of the molecule is C=C(C(NC(C)C)C(C)(C)SCc1ccc(CSC(C)(C)C(N)C(=O)CC)cc1)C(C)(C)C.CC.CC.CC. The quantitative estimate of drug-likeness (QED) is 0.227. The third-order valence-corrected chi connectivity index (χ3v) is 9.13. The summed E-state index contributed by atoms with van der Waals surface area (Å²) in [5.41, 5.74) is 10.1. The van der Waals surface area contributed by atoms with Crippen LogP contribution in [0.3, 0.4) is 0 Å². The lowest BCUT2D eigenvalue weighted by molar-refractivity contribution is -0.120. The van der Waals surface area contributed by atoms with Gasteiger partial charge in [0.1, 0.15) is 0 Å². The van der Waals surface area contributed by atoms with Gasteiger partial charge in [-0.05, 0) is 44.2 Å². The Kier molecular flexibility index (Phi) is 23.0. The highest BCUT2D eigenvalue weighted by atomic mass is 32.2. The minimum absolute atomic E-state index is 0.00906. The normalized spacial score (nSPS) is 13.1. The second-order valence-corrected chi connectivity index (χ2v) is 14.7. The average molecular weight is 583 g/mol. The molecular weight excluding hydrogens is 517 g/mol. The summed E-state index contributed by atoms with van der Waals surface area (Å²) in [4.78, 5) is 12.0. The Balaban J connectivity index is -0.00000201. The van der Waals surface area contributed by atoms with E-state index in [1.807, 2.05) is 60.2 Å². The molecule has 0 spiro atoms. The first-order valence-corrected chi connectivity index (χ1v) is 17.1. The summed E-state index contributed by atoms with van der Waals surface area (Å²) in [7, 11) is 0. The number of Topliss-reactive ketones (excluding diaryl/α,β-unsaturated/α-hetero) is 1. The molecule has 1 aromatic rings. The summed E-state index contributed by atoms with van der Waals surface area (Å²) in [6.45, 7) is 38.3. The minimum Gasteiger partial charge on any atom is -0.320 e. The molecule has 0 bridgehead atoms. The van der Waals surface area contributed by atoms with Crippen LogP contribution in [0.15, 0.2) is 36.4 Å². The highest BCUT2D eigenvalue weighted by molar-refractivity contribution is 8.00. The van der Waals surface area contributed by atoms with Crippen molar-refractivity contribution in [1.29, 1.82) is 0 Å². The maximum absolute atomic E-state index is 12.0. The van der Waals surface area contributed by atoms with Crippen LogP contribution in [0.25, 0.3) is 0 Å². The van der Waals surface area contributed by atoms with Crippen LogP contribution >= 0.6 is 23.5 Å². The van der Waals surface area contributed by atoms with Crippen LogP contribution in [0, 0.1) is 5.41 Å². The summed E-state index contributed by atoms with van der Waals surface area (Å²) in [6.07, 6.45) is 0.491. The standard InChI is InChI=1S/C28H48N2OS2.3C2H6/c1-12-23(31)24(29)27(8,9)32-17-21-13-15-22(16-14-21)18-33-28(10,11)25(30-19(2)3)20(4)26(5,6)7;3*1-2/h13-16,19,24-25,30H,4,12,17-18,29H2,1-3,5-11H3;3*1-2H3. The van der Waals surface area contributed by atoms with Gasteiger partial charge in [-0.25, -0.2) is 0 Å². The van der Waals surface area contributed by atoms with Crippen LogP contribution in [-0.4, -0.2) is 33.4 Å². The second-order valence-electron chi connectivity index (χ2n) is 11.4. The molecule has 0 heterocycles. The lowest BCUT2D eigenvalue weighted by Gasteiger charge is -2.41. The number of thioether (sulfide) groups is 2. The molecule has 0 fully saturated rings. The van der Waals surface area contributed by atoms with Crippen molar-refractivity contribution >= 4 is 29.3 Å². The van der Waals surface area contributed by atoms with Gasteiger partial charge in [-0.2, -0.15) is 0 Å². The van der Waals surface area contributed by atoms with E-state index in [0.717, 1.165) is 11.5 Å². The third kappa shape index (κ3) is 16.3. The number of benzene rings is 1. The van der Waals surface area contributed by atoms with Gasteiger partial charge in [0.2, 0.25) is 0 Å². The second kappa shape index (κ2) is 21.0. The van der Waals surface area contributed by atoms with E-state index in [1.54, 1.807) is 11.8 Å². The van der Waals surface area contributed by atoms with Crippen LogP contribution < -0.4 is 11.1 Å². The maximum atomic E-state index is 12.0. The zero-order valence-corrected chi connectivity index (χ0v) is 30.3. The Bertz CT molecular complexity index is 777. The Hall–Kier alpha value is -0.750. The predicted molar refractivity (Wildman–Crippen MR) is 185 cm³/mol. The van der Waals surface area contributed by atoms with E-state index in [-0.39, 0.29) is 26.7 Å². The molecule has 3 nitrogen and oxygen atoms in total. The molecule has 39 heavy (non-hydrogen) atoms. The average Bonchev–Trinajstić information content (AvgIpc) is 2.91. The van der Waals surface area contributed by atoms with Gasteiger partial charge in [0.05, 0.1) is 6.04 Å². The molecule has 0 saturated heterocycles. The van der Waals surface area contributed by atoms with Crippen molar-refractivity contribution in [3.63, 3.8) is 0 Å². The van der Waals surface area contributed by atoms with Crippen molar-refractivity contribution in [1.82, 2.24) is 5.32 Å². The van der Waals surface area contributed by atoms with Crippen molar-refractivity contribution in [3.8, 4) is 0 Å². The third-order valence-electron chi connectivity index (χ3n) is 6.20. The Morgan fingerprint density at radius 2 is 1.18 bits per heavy atom. The van der Waals surface area contributed by atoms with Crippen molar-refractivity contribution in [2.24, 2.45) is 11.1 Å². The largest absolute Gasteiger partial charge is 0.320 e. The first-order chi connectivity index (χ1) is 18.0. The predicted octanol–water partition coefficient (Wildman–Crippen LogP) is 10.1. The van der Waals surface area contributed by atoms with E-state index in [4.69, 9.17) is 5.73 Å². The lowest BCUT2D eigenvalue weighted by atomic mass is 9.79. The summed E-state index contributed by atoms with van der Waals surface area (Å²) in [5.74, 6) is 1.93. The smallest absolute Gasteiger partial charge is 0.150 e. The van der Waals surface area contributed by atoms with E-state index in [9.17, 15) is 4.79 Å². The fourth-order valence-electron chi connectivity index (χ4n) is 3.54. The molecule has 0 aliphatic carbocycles. The first kappa shape index (κ1) is 42.7. The van der Waals surface area contributed by atoms with E-state index >= 15 is 0 Å². The van der Waals surface area contributed by atoms with Crippen LogP contribution in [0.2, 0.25) is 0 Å². The monoisotopic (exact) mass is 582 g/mol. The van der Waals surface area contributed by atoms with E-state index in [1.165, 1.54) is 16.7 Å². The molecular formula is C34H66N2OS2. The van der Waals surface area contributed by atoms with Crippen molar-refractivity contribution in [2.75, 3.05) is 0 Å². The molecule has 1 rings (SSSR count). The Labute approximate surface area is 253 Å². The molecule has 2 unspecified atom stereocenters. The molecule has 0 aliphatic rings. The number of carbonyl (C=O) groups excluding carboxylic acids is 1. The van der Waals surface area contributed by atoms with Crippen molar-refractivity contribution in [3.05, 3.63) is 47.5 Å². The molecule has 0 aromatic heterocycles. The van der Waals surface area contributed by atoms with Gasteiger partial charge >= 0.3 is 0 Å². The summed E-state index contributed by atoms with van der Waals surface area (Å²) >= 11 is 3.73. The zero-order chi connectivity index (χ0) is 31.6. The Morgan fingerprint density at radius 3 is 1.49 bits per heavy atom. The summed E-state index contributed by atoms with van der Waals surface area (Å²) < 4.78 is -0.269. The highest BCUT2D eigenvalue weighted by Gasteiger charge is 2.36. The highest BCUT2D eigenvalue weighted by Crippen LogP contribution is 2.39. The van der Waals surface area contributed by atoms with Crippen molar-refractivity contribution < 1.29 is 4.79 Å². The van der Waals surface area contributed by atoms with Gasteiger partial charge in [-0.3, -0.25) is 4.79 Å². The fourth-order valence-corrected chi connectivity index (χ4v) is 5.69. The van der Waals surface area contributed by atoms with Gasteiger partial charge in [0, 0.05) is 39.5 Å². The molecule has 230 valence electrons. The number of ketones is 1. The maximum Gasteiger partial charge on any atom is 0.150 e. The first-order valence-electron chi connectivity index (χ1n) is 15.1. The topological polar surface area (TPSA) is 55.1 Å². The molecule has 0 radical (unpaired) electrons. The van der Waals surface area contributed by atoms with Gasteiger partial charge in [0.15, 0.2) is 5.78 Å². The summed E-state index contributed by atoms with van der Waals surface area (Å²) in [6, 6.07) is 9.07. The molecule has 0 saturated carbocycles. The fraction of sp³-hybridized carbons (Fsp3) is 0.735. The van der Waals surface area contributed by atoms with E-state index in [0.29, 0.717) is 12.5 Å². The number of hydrogen-bond donors (Lipinski definition) is 2. The minimum atomic E-state index is -0.430. The van der Waals surface area contributed by atoms with Crippen molar-refractivity contribution in [2.45, 2.75) is 156 Å². The zero-order valence-electron chi connectivity index (χ0n) is 28.7. The molecule has 3 N–H and O–H groups in total. The molecule has 0 amide bonds. The number of carbonyl (C=O) groups is 1. The van der Waals surface area contributed by atoms with Crippen LogP contribution in [0.1, 0.15) is 128 Å². The lowest BCUT2D eigenvalue weighted by Crippen LogP contribution is -2.50. The molecule has 5 heteroatoms. The number of nitrogens with two attached hydrogens (primary N) is 1. The van der Waals surface area contributed by atoms with Crippen LogP contribution in [0.5, 0.6) is 0 Å². The summed E-state index contributed by atoms with van der Waals surface area (Å²) in [5, 5.41) is 3.77. The molecule has 0 aliphatic heterocycles. The van der Waals surface area contributed by atoms with Gasteiger partial charge in [0.25, 0.3) is 0 Å². The number of rotatable bonds is 13. The Morgan fingerprint density at radius 1 is 0.821 bits per heavy atom. The number of hydrogen-bond acceptors (Lipinski definition) is 5. The van der Waals surface area contributed by atoms with Gasteiger partial charge in [-0.15, -0.1) is 23.5 Å². The van der Waals surface area contributed by atoms with Crippen LogP contribution in [0.4, 0.5) is 0 Å². The van der Waals surface area contributed by atoms with Crippen LogP contribution in [-0.2, 0) is 16.3 Å². The van der Waals surface area contributed by atoms with Gasteiger partial charge < -0.3 is 11.1 Å².